The highest BCUT2D eigenvalue weighted by atomic mass is 79.9. The van der Waals surface area contributed by atoms with Crippen molar-refractivity contribution in [2.45, 2.75) is 17.7 Å². The van der Waals surface area contributed by atoms with Crippen molar-refractivity contribution in [3.05, 3.63) is 24.2 Å². The molecule has 1 aromatic heterocycles. The van der Waals surface area contributed by atoms with Gasteiger partial charge in [-0.05, 0) is 12.1 Å². The van der Waals surface area contributed by atoms with E-state index in [9.17, 15) is 9.59 Å². The third kappa shape index (κ3) is 5.04. The average molecular weight is 304 g/mol. The molecule has 5 nitrogen and oxygen atoms in total. The summed E-state index contributed by atoms with van der Waals surface area (Å²) in [5.74, 6) is 0.231. The lowest BCUT2D eigenvalue weighted by molar-refractivity contribution is -0.139. The fraction of sp³-hybridized carbons (Fsp3) is 0.455. The highest BCUT2D eigenvalue weighted by Crippen LogP contribution is 2.04. The van der Waals surface area contributed by atoms with Crippen LogP contribution in [0, 0.1) is 0 Å². The molecule has 17 heavy (non-hydrogen) atoms. The second-order valence-electron chi connectivity index (χ2n) is 3.37. The molecule has 1 unspecified atom stereocenters. The van der Waals surface area contributed by atoms with Crippen LogP contribution in [0.4, 0.5) is 0 Å². The molecule has 94 valence electrons. The van der Waals surface area contributed by atoms with E-state index in [1.165, 1.54) is 7.11 Å². The van der Waals surface area contributed by atoms with Crippen LogP contribution in [0.15, 0.2) is 22.8 Å². The molecule has 6 heteroatoms. The Morgan fingerprint density at radius 1 is 1.59 bits per heavy atom. The maximum absolute atomic E-state index is 11.4. The summed E-state index contributed by atoms with van der Waals surface area (Å²) in [7, 11) is 1.30. The summed E-state index contributed by atoms with van der Waals surface area (Å²) in [6.45, 7) is 0.212. The van der Waals surface area contributed by atoms with Crippen LogP contribution >= 0.6 is 15.9 Å². The summed E-state index contributed by atoms with van der Waals surface area (Å²) in [6.07, 6.45) is 2.44. The number of amides is 1. The summed E-state index contributed by atoms with van der Waals surface area (Å²) in [4.78, 5) is 21.9. The number of carbonyl (C=O) groups excluding carboxylic acids is 2. The average Bonchev–Trinajstić information content (AvgIpc) is 2.85. The van der Waals surface area contributed by atoms with Crippen LogP contribution in [-0.4, -0.2) is 30.4 Å². The Bertz CT molecular complexity index is 364. The predicted molar refractivity (Wildman–Crippen MR) is 64.8 cm³/mol. The first-order valence-electron chi connectivity index (χ1n) is 5.14. The number of aryl methyl sites for hydroxylation is 1. The van der Waals surface area contributed by atoms with Crippen molar-refractivity contribution in [3.8, 4) is 0 Å². The molecule has 0 fully saturated rings. The minimum Gasteiger partial charge on any atom is -0.469 e. The van der Waals surface area contributed by atoms with Crippen LogP contribution in [0.5, 0.6) is 0 Å². The molecular weight excluding hydrogens is 290 g/mol. The molecule has 0 bridgehead atoms. The lowest BCUT2D eigenvalue weighted by atomic mass is 10.2. The number of furan rings is 1. The maximum atomic E-state index is 11.4. The van der Waals surface area contributed by atoms with Gasteiger partial charge in [-0.3, -0.25) is 9.59 Å². The van der Waals surface area contributed by atoms with Crippen LogP contribution in [0.1, 0.15) is 12.2 Å². The third-order valence-corrected chi connectivity index (χ3v) is 2.81. The van der Waals surface area contributed by atoms with Crippen LogP contribution in [-0.2, 0) is 20.7 Å². The van der Waals surface area contributed by atoms with E-state index in [0.29, 0.717) is 12.8 Å². The minimum atomic E-state index is -0.514. The first kappa shape index (κ1) is 13.8. The number of hydrogen-bond donors (Lipinski definition) is 1. The first-order valence-corrected chi connectivity index (χ1v) is 6.06. The molecule has 0 aliphatic rings. The smallest absolute Gasteiger partial charge is 0.321 e. The predicted octanol–water partition coefficient (Wildman–Crippen LogP) is 1.26. The number of esters is 1. The summed E-state index contributed by atoms with van der Waals surface area (Å²) in [5.41, 5.74) is 0. The van der Waals surface area contributed by atoms with Gasteiger partial charge in [0.05, 0.1) is 13.4 Å². The minimum absolute atomic E-state index is 0.130. The zero-order valence-electron chi connectivity index (χ0n) is 9.44. The van der Waals surface area contributed by atoms with Gasteiger partial charge in [0.25, 0.3) is 0 Å². The Kier molecular flexibility index (Phi) is 5.76. The van der Waals surface area contributed by atoms with E-state index in [1.54, 1.807) is 12.3 Å². The van der Waals surface area contributed by atoms with Gasteiger partial charge in [0, 0.05) is 19.4 Å². The quantitative estimate of drug-likeness (QED) is 0.635. The third-order valence-electron chi connectivity index (χ3n) is 2.11. The van der Waals surface area contributed by atoms with Gasteiger partial charge in [0.1, 0.15) is 10.6 Å². The van der Waals surface area contributed by atoms with E-state index in [0.717, 1.165) is 5.76 Å². The zero-order valence-corrected chi connectivity index (χ0v) is 11.0. The van der Waals surface area contributed by atoms with Gasteiger partial charge in [-0.15, -0.1) is 0 Å². The lowest BCUT2D eigenvalue weighted by Crippen LogP contribution is -2.33. The summed E-state index contributed by atoms with van der Waals surface area (Å²) in [5, 5.41) is 2.63. The number of carbonyl (C=O) groups is 2. The number of halogens is 1. The largest absolute Gasteiger partial charge is 0.469 e. The number of nitrogens with one attached hydrogen (secondary N) is 1. The van der Waals surface area contributed by atoms with Gasteiger partial charge >= 0.3 is 5.97 Å². The van der Waals surface area contributed by atoms with E-state index >= 15 is 0 Å². The van der Waals surface area contributed by atoms with Crippen LogP contribution in [0.3, 0.4) is 0 Å². The standard InChI is InChI=1S/C11H14BrNO4/c1-16-11(15)9(12)7-13-10(14)5-4-8-3-2-6-17-8/h2-3,6,9H,4-5,7H2,1H3,(H,13,14). The second-order valence-corrected chi connectivity index (χ2v) is 4.48. The van der Waals surface area contributed by atoms with E-state index in [1.807, 2.05) is 6.07 Å². The molecule has 0 spiro atoms. The number of ether oxygens (including phenoxy) is 1. The van der Waals surface area contributed by atoms with Crippen molar-refractivity contribution >= 4 is 27.8 Å². The fourth-order valence-electron chi connectivity index (χ4n) is 1.19. The van der Waals surface area contributed by atoms with E-state index in [4.69, 9.17) is 4.42 Å². The van der Waals surface area contributed by atoms with Crippen LogP contribution in [0.25, 0.3) is 0 Å². The molecule has 1 amide bonds. The highest BCUT2D eigenvalue weighted by molar-refractivity contribution is 9.10. The van der Waals surface area contributed by atoms with Crippen molar-refractivity contribution in [1.82, 2.24) is 5.32 Å². The molecule has 0 aliphatic heterocycles. The first-order chi connectivity index (χ1) is 8.13. The van der Waals surface area contributed by atoms with Gasteiger partial charge in [-0.2, -0.15) is 0 Å². The molecule has 1 N–H and O–H groups in total. The van der Waals surface area contributed by atoms with Gasteiger partial charge in [-0.25, -0.2) is 0 Å². The van der Waals surface area contributed by atoms with Crippen LogP contribution in [0.2, 0.25) is 0 Å². The van der Waals surface area contributed by atoms with E-state index in [-0.39, 0.29) is 12.5 Å². The summed E-state index contributed by atoms with van der Waals surface area (Å²) >= 11 is 3.11. The molecule has 1 atom stereocenters. The molecule has 1 rings (SSSR count). The Balaban J connectivity index is 2.19. The molecule has 0 aliphatic carbocycles. The SMILES string of the molecule is COC(=O)C(Br)CNC(=O)CCc1ccco1. The van der Waals surface area contributed by atoms with E-state index < -0.39 is 10.8 Å². The zero-order chi connectivity index (χ0) is 12.7. The second kappa shape index (κ2) is 7.11. The molecular formula is C11H14BrNO4. The molecule has 1 aromatic rings. The Morgan fingerprint density at radius 2 is 2.35 bits per heavy atom. The molecule has 0 aromatic carbocycles. The number of alkyl halides is 1. The van der Waals surface area contributed by atoms with Crippen molar-refractivity contribution in [3.63, 3.8) is 0 Å². The monoisotopic (exact) mass is 303 g/mol. The topological polar surface area (TPSA) is 68.5 Å². The Labute approximate surface area is 108 Å². The van der Waals surface area contributed by atoms with E-state index in [2.05, 4.69) is 26.0 Å². The van der Waals surface area contributed by atoms with Crippen molar-refractivity contribution in [2.24, 2.45) is 0 Å². The lowest BCUT2D eigenvalue weighted by Gasteiger charge is -2.08. The van der Waals surface area contributed by atoms with Crippen LogP contribution < -0.4 is 5.32 Å². The molecule has 0 saturated carbocycles. The van der Waals surface area contributed by atoms with Gasteiger partial charge in [-0.1, -0.05) is 15.9 Å². The summed E-state index contributed by atoms with van der Waals surface area (Å²) < 4.78 is 9.61. The van der Waals surface area contributed by atoms with Gasteiger partial charge < -0.3 is 14.5 Å². The number of hydrogen-bond acceptors (Lipinski definition) is 4. The Morgan fingerprint density at radius 3 is 2.94 bits per heavy atom. The number of rotatable bonds is 6. The maximum Gasteiger partial charge on any atom is 0.321 e. The number of methoxy groups -OCH3 is 1. The molecule has 0 radical (unpaired) electrons. The van der Waals surface area contributed by atoms with Crippen molar-refractivity contribution in [2.75, 3.05) is 13.7 Å². The van der Waals surface area contributed by atoms with Crippen molar-refractivity contribution in [1.29, 1.82) is 0 Å². The summed E-state index contributed by atoms with van der Waals surface area (Å²) in [6, 6.07) is 3.59. The fourth-order valence-corrected chi connectivity index (χ4v) is 1.54. The van der Waals surface area contributed by atoms with Crippen molar-refractivity contribution < 1.29 is 18.7 Å². The highest BCUT2D eigenvalue weighted by Gasteiger charge is 2.15. The van der Waals surface area contributed by atoms with Gasteiger partial charge in [0.15, 0.2) is 0 Å². The normalized spacial score (nSPS) is 11.9. The molecule has 0 saturated heterocycles. The Hall–Kier alpha value is -1.30. The van der Waals surface area contributed by atoms with Gasteiger partial charge in [0.2, 0.25) is 5.91 Å². The molecule has 1 heterocycles.